The molecule has 0 saturated carbocycles. The fraction of sp³-hybridized carbons (Fsp3) is 0.692. The molecule has 2 rings (SSSR count). The van der Waals surface area contributed by atoms with Gasteiger partial charge in [-0.2, -0.15) is 0 Å². The van der Waals surface area contributed by atoms with E-state index in [0.717, 1.165) is 37.2 Å². The van der Waals surface area contributed by atoms with Crippen LogP contribution in [0.4, 0.5) is 11.6 Å². The molecule has 18 heavy (non-hydrogen) atoms. The van der Waals surface area contributed by atoms with Crippen LogP contribution in [0.2, 0.25) is 0 Å². The molecule has 1 saturated heterocycles. The number of ether oxygens (including phenoxy) is 1. The van der Waals surface area contributed by atoms with Crippen LogP contribution >= 0.6 is 0 Å². The minimum atomic E-state index is 0.608. The van der Waals surface area contributed by atoms with Gasteiger partial charge >= 0.3 is 0 Å². The van der Waals surface area contributed by atoms with E-state index in [1.165, 1.54) is 12.8 Å². The fourth-order valence-corrected chi connectivity index (χ4v) is 2.49. The second-order valence-electron chi connectivity index (χ2n) is 4.82. The van der Waals surface area contributed by atoms with E-state index in [2.05, 4.69) is 20.2 Å². The third kappa shape index (κ3) is 3.10. The zero-order chi connectivity index (χ0) is 13.0. The van der Waals surface area contributed by atoms with Crippen molar-refractivity contribution >= 4 is 11.6 Å². The standard InChI is InChI=1S/C13H22N4O/c1-10-15-12(14-2)7-13(16-10)17-6-4-5-11(8-17)9-18-3/h7,11H,4-6,8-9H2,1-3H3,(H,14,15,16). The molecule has 1 N–H and O–H groups in total. The molecular weight excluding hydrogens is 228 g/mol. The first-order valence-corrected chi connectivity index (χ1v) is 6.50. The number of methoxy groups -OCH3 is 1. The number of piperidine rings is 1. The molecule has 1 aromatic rings. The smallest absolute Gasteiger partial charge is 0.134 e. The molecule has 5 nitrogen and oxygen atoms in total. The van der Waals surface area contributed by atoms with E-state index in [9.17, 15) is 0 Å². The number of rotatable bonds is 4. The number of hydrogen-bond donors (Lipinski definition) is 1. The molecule has 1 unspecified atom stereocenters. The zero-order valence-electron chi connectivity index (χ0n) is 11.4. The van der Waals surface area contributed by atoms with Crippen LogP contribution in [0.15, 0.2) is 6.07 Å². The number of hydrogen-bond acceptors (Lipinski definition) is 5. The normalized spacial score (nSPS) is 19.9. The Morgan fingerprint density at radius 3 is 3.06 bits per heavy atom. The Balaban J connectivity index is 2.12. The van der Waals surface area contributed by atoms with Crippen molar-refractivity contribution in [3.05, 3.63) is 11.9 Å². The van der Waals surface area contributed by atoms with Gasteiger partial charge in [-0.15, -0.1) is 0 Å². The molecule has 1 aliphatic heterocycles. The molecule has 0 aliphatic carbocycles. The molecular formula is C13H22N4O. The molecule has 0 bridgehead atoms. The van der Waals surface area contributed by atoms with Crippen LogP contribution in [0, 0.1) is 12.8 Å². The number of nitrogens with zero attached hydrogens (tertiary/aromatic N) is 3. The van der Waals surface area contributed by atoms with Crippen molar-refractivity contribution in [2.24, 2.45) is 5.92 Å². The molecule has 100 valence electrons. The summed E-state index contributed by atoms with van der Waals surface area (Å²) < 4.78 is 5.26. The van der Waals surface area contributed by atoms with Crippen LogP contribution in [0.1, 0.15) is 18.7 Å². The lowest BCUT2D eigenvalue weighted by Crippen LogP contribution is -2.37. The van der Waals surface area contributed by atoms with Gasteiger partial charge in [0.2, 0.25) is 0 Å². The summed E-state index contributed by atoms with van der Waals surface area (Å²) in [5, 5.41) is 3.08. The van der Waals surface area contributed by atoms with Crippen molar-refractivity contribution in [3.8, 4) is 0 Å². The topological polar surface area (TPSA) is 50.3 Å². The molecule has 5 heteroatoms. The maximum Gasteiger partial charge on any atom is 0.134 e. The Kier molecular flexibility index (Phi) is 4.36. The second-order valence-corrected chi connectivity index (χ2v) is 4.82. The summed E-state index contributed by atoms with van der Waals surface area (Å²) in [6.45, 7) is 4.85. The summed E-state index contributed by atoms with van der Waals surface area (Å²) in [5.41, 5.74) is 0. The van der Waals surface area contributed by atoms with E-state index in [1.807, 2.05) is 20.0 Å². The SMILES string of the molecule is CNc1cc(N2CCCC(COC)C2)nc(C)n1. The zero-order valence-corrected chi connectivity index (χ0v) is 11.4. The first-order chi connectivity index (χ1) is 8.72. The molecule has 0 spiro atoms. The quantitative estimate of drug-likeness (QED) is 0.881. The lowest BCUT2D eigenvalue weighted by atomic mass is 9.99. The lowest BCUT2D eigenvalue weighted by molar-refractivity contribution is 0.143. The van der Waals surface area contributed by atoms with Crippen LogP contribution in [0.3, 0.4) is 0 Å². The van der Waals surface area contributed by atoms with Crippen LogP contribution in [-0.4, -0.2) is 43.8 Å². The summed E-state index contributed by atoms with van der Waals surface area (Å²) >= 11 is 0. The van der Waals surface area contributed by atoms with E-state index in [1.54, 1.807) is 7.11 Å². The van der Waals surface area contributed by atoms with Gasteiger partial charge in [0.05, 0.1) is 6.61 Å². The van der Waals surface area contributed by atoms with Gasteiger partial charge in [-0.3, -0.25) is 0 Å². The van der Waals surface area contributed by atoms with E-state index in [0.29, 0.717) is 5.92 Å². The van der Waals surface area contributed by atoms with Gasteiger partial charge in [0, 0.05) is 33.3 Å². The third-order valence-electron chi connectivity index (χ3n) is 3.33. The molecule has 0 aromatic carbocycles. The van der Waals surface area contributed by atoms with E-state index in [-0.39, 0.29) is 0 Å². The number of nitrogens with one attached hydrogen (secondary N) is 1. The Hall–Kier alpha value is -1.36. The number of aryl methyl sites for hydroxylation is 1. The van der Waals surface area contributed by atoms with Gasteiger partial charge < -0.3 is 15.0 Å². The van der Waals surface area contributed by atoms with E-state index >= 15 is 0 Å². The molecule has 1 fully saturated rings. The van der Waals surface area contributed by atoms with Crippen molar-refractivity contribution in [1.82, 2.24) is 9.97 Å². The van der Waals surface area contributed by atoms with Gasteiger partial charge in [-0.1, -0.05) is 0 Å². The van der Waals surface area contributed by atoms with Crippen molar-refractivity contribution < 1.29 is 4.74 Å². The Morgan fingerprint density at radius 2 is 2.33 bits per heavy atom. The molecule has 1 aliphatic rings. The summed E-state index contributed by atoms with van der Waals surface area (Å²) in [6, 6.07) is 2.02. The largest absolute Gasteiger partial charge is 0.384 e. The van der Waals surface area contributed by atoms with Crippen molar-refractivity contribution in [3.63, 3.8) is 0 Å². The molecule has 0 amide bonds. The highest BCUT2D eigenvalue weighted by Gasteiger charge is 2.21. The monoisotopic (exact) mass is 250 g/mol. The fourth-order valence-electron chi connectivity index (χ4n) is 2.49. The minimum Gasteiger partial charge on any atom is -0.384 e. The average molecular weight is 250 g/mol. The van der Waals surface area contributed by atoms with Gasteiger partial charge in [-0.05, 0) is 25.7 Å². The second kappa shape index (κ2) is 6.00. The summed E-state index contributed by atoms with van der Waals surface area (Å²) in [6.07, 6.45) is 2.44. The molecule has 1 aromatic heterocycles. The Bertz CT molecular complexity index is 395. The molecule has 1 atom stereocenters. The highest BCUT2D eigenvalue weighted by Crippen LogP contribution is 2.23. The third-order valence-corrected chi connectivity index (χ3v) is 3.33. The molecule has 2 heterocycles. The summed E-state index contributed by atoms with van der Waals surface area (Å²) in [5.74, 6) is 3.32. The Morgan fingerprint density at radius 1 is 1.50 bits per heavy atom. The lowest BCUT2D eigenvalue weighted by Gasteiger charge is -2.33. The van der Waals surface area contributed by atoms with Crippen LogP contribution in [0.25, 0.3) is 0 Å². The van der Waals surface area contributed by atoms with Gasteiger partial charge in [0.25, 0.3) is 0 Å². The highest BCUT2D eigenvalue weighted by molar-refractivity contribution is 5.49. The maximum atomic E-state index is 5.26. The minimum absolute atomic E-state index is 0.608. The van der Waals surface area contributed by atoms with Gasteiger partial charge in [0.1, 0.15) is 17.5 Å². The predicted molar refractivity (Wildman–Crippen MR) is 73.1 cm³/mol. The van der Waals surface area contributed by atoms with Crippen LogP contribution in [0.5, 0.6) is 0 Å². The highest BCUT2D eigenvalue weighted by atomic mass is 16.5. The van der Waals surface area contributed by atoms with Gasteiger partial charge in [0.15, 0.2) is 0 Å². The van der Waals surface area contributed by atoms with Crippen LogP contribution in [-0.2, 0) is 4.74 Å². The average Bonchev–Trinajstić information content (AvgIpc) is 2.39. The van der Waals surface area contributed by atoms with Crippen molar-refractivity contribution in [1.29, 1.82) is 0 Å². The molecule has 0 radical (unpaired) electrons. The van der Waals surface area contributed by atoms with E-state index in [4.69, 9.17) is 4.74 Å². The predicted octanol–water partition coefficient (Wildman–Crippen LogP) is 1.69. The van der Waals surface area contributed by atoms with Crippen molar-refractivity contribution in [2.75, 3.05) is 44.1 Å². The van der Waals surface area contributed by atoms with Gasteiger partial charge in [-0.25, -0.2) is 9.97 Å². The maximum absolute atomic E-state index is 5.26. The first kappa shape index (κ1) is 13.1. The van der Waals surface area contributed by atoms with E-state index < -0.39 is 0 Å². The Labute approximate surface area is 109 Å². The summed E-state index contributed by atoms with van der Waals surface area (Å²) in [7, 11) is 3.66. The summed E-state index contributed by atoms with van der Waals surface area (Å²) in [4.78, 5) is 11.2. The number of aromatic nitrogens is 2. The number of anilines is 2. The van der Waals surface area contributed by atoms with Crippen LogP contribution < -0.4 is 10.2 Å². The first-order valence-electron chi connectivity index (χ1n) is 6.50. The van der Waals surface area contributed by atoms with Crippen molar-refractivity contribution in [2.45, 2.75) is 19.8 Å².